The van der Waals surface area contributed by atoms with Gasteiger partial charge in [-0.05, 0) is 37.4 Å². The lowest BCUT2D eigenvalue weighted by Gasteiger charge is -2.08. The van der Waals surface area contributed by atoms with E-state index < -0.39 is 0 Å². The van der Waals surface area contributed by atoms with Crippen LogP contribution >= 0.6 is 11.3 Å². The van der Waals surface area contributed by atoms with Crippen LogP contribution in [0, 0.1) is 13.8 Å². The molecule has 0 aliphatic rings. The molecule has 8 heteroatoms. The summed E-state index contributed by atoms with van der Waals surface area (Å²) in [6.45, 7) is 4.05. The third-order valence-electron chi connectivity index (χ3n) is 4.59. The van der Waals surface area contributed by atoms with E-state index in [-0.39, 0.29) is 24.4 Å². The summed E-state index contributed by atoms with van der Waals surface area (Å²) < 4.78 is 3.28. The molecule has 3 aromatic heterocycles. The number of nitrogens with one attached hydrogen (secondary N) is 1. The average Bonchev–Trinajstić information content (AvgIpc) is 3.29. The number of hydrogen-bond donors (Lipinski definition) is 1. The van der Waals surface area contributed by atoms with Crippen molar-refractivity contribution in [1.29, 1.82) is 0 Å². The summed E-state index contributed by atoms with van der Waals surface area (Å²) in [5, 5.41) is 9.89. The highest BCUT2D eigenvalue weighted by Crippen LogP contribution is 2.23. The zero-order valence-electron chi connectivity index (χ0n) is 15.5. The van der Waals surface area contributed by atoms with Crippen LogP contribution in [0.15, 0.2) is 52.9 Å². The summed E-state index contributed by atoms with van der Waals surface area (Å²) in [5.41, 5.74) is 3.12. The summed E-state index contributed by atoms with van der Waals surface area (Å²) >= 11 is 1.43. The number of aromatic nitrogens is 4. The number of hydrogen-bond acceptors (Lipinski definition) is 5. The molecular formula is C20H19N5O2S. The van der Waals surface area contributed by atoms with Crippen molar-refractivity contribution < 1.29 is 4.79 Å². The summed E-state index contributed by atoms with van der Waals surface area (Å²) in [5.74, 6) is -0.170. The Morgan fingerprint density at radius 3 is 2.75 bits per heavy atom. The summed E-state index contributed by atoms with van der Waals surface area (Å²) in [6.07, 6.45) is 1.67. The highest BCUT2D eigenvalue weighted by Gasteiger charge is 2.15. The fourth-order valence-corrected chi connectivity index (χ4v) is 3.84. The molecule has 7 nitrogen and oxygen atoms in total. The first-order chi connectivity index (χ1) is 13.5. The molecule has 0 atom stereocenters. The van der Waals surface area contributed by atoms with Crippen LogP contribution < -0.4 is 10.9 Å². The predicted molar refractivity (Wildman–Crippen MR) is 110 cm³/mol. The van der Waals surface area contributed by atoms with Crippen molar-refractivity contribution in [3.8, 4) is 5.69 Å². The van der Waals surface area contributed by atoms with Crippen LogP contribution in [0.2, 0.25) is 0 Å². The second-order valence-electron chi connectivity index (χ2n) is 6.47. The average molecular weight is 393 g/mol. The molecule has 0 bridgehead atoms. The van der Waals surface area contributed by atoms with Gasteiger partial charge in [-0.2, -0.15) is 5.10 Å². The maximum absolute atomic E-state index is 12.5. The van der Waals surface area contributed by atoms with E-state index in [9.17, 15) is 9.59 Å². The third kappa shape index (κ3) is 3.34. The Hall–Kier alpha value is -3.26. The van der Waals surface area contributed by atoms with Crippen molar-refractivity contribution in [2.24, 2.45) is 0 Å². The number of rotatable bonds is 5. The zero-order chi connectivity index (χ0) is 19.7. The number of thiophene rings is 1. The van der Waals surface area contributed by atoms with E-state index in [0.717, 1.165) is 17.1 Å². The van der Waals surface area contributed by atoms with Gasteiger partial charge in [0.25, 0.3) is 5.56 Å². The number of carbonyl (C=O) groups is 1. The largest absolute Gasteiger partial charge is 0.323 e. The van der Waals surface area contributed by atoms with Crippen LogP contribution in [0.3, 0.4) is 0 Å². The topological polar surface area (TPSA) is 81.8 Å². The molecule has 0 radical (unpaired) electrons. The van der Waals surface area contributed by atoms with Gasteiger partial charge in [0.1, 0.15) is 4.83 Å². The van der Waals surface area contributed by atoms with Crippen molar-refractivity contribution in [3.05, 3.63) is 69.8 Å². The molecule has 1 N–H and O–H groups in total. The Morgan fingerprint density at radius 1 is 1.18 bits per heavy atom. The van der Waals surface area contributed by atoms with Gasteiger partial charge in [0.05, 0.1) is 34.5 Å². The van der Waals surface area contributed by atoms with E-state index in [1.807, 2.05) is 54.2 Å². The fraction of sp³-hybridized carbons (Fsp3) is 0.200. The van der Waals surface area contributed by atoms with Gasteiger partial charge in [-0.25, -0.2) is 9.67 Å². The van der Waals surface area contributed by atoms with Crippen molar-refractivity contribution in [2.45, 2.75) is 26.8 Å². The molecular weight excluding hydrogens is 374 g/mol. The van der Waals surface area contributed by atoms with Gasteiger partial charge >= 0.3 is 0 Å². The molecule has 0 saturated carbocycles. The van der Waals surface area contributed by atoms with Gasteiger partial charge < -0.3 is 5.32 Å². The van der Waals surface area contributed by atoms with Crippen LogP contribution in [-0.2, 0) is 11.3 Å². The van der Waals surface area contributed by atoms with Crippen LogP contribution in [0.4, 0.5) is 5.69 Å². The first-order valence-corrected chi connectivity index (χ1v) is 9.76. The van der Waals surface area contributed by atoms with Crippen LogP contribution in [0.25, 0.3) is 15.9 Å². The number of fused-ring (bicyclic) bond motifs is 1. The number of nitrogens with zero attached hydrogens (tertiary/aromatic N) is 4. The monoisotopic (exact) mass is 393 g/mol. The minimum Gasteiger partial charge on any atom is -0.323 e. The molecule has 142 valence electrons. The molecule has 4 aromatic rings. The first-order valence-electron chi connectivity index (χ1n) is 8.88. The molecule has 3 heterocycles. The maximum Gasteiger partial charge on any atom is 0.262 e. The number of anilines is 1. The van der Waals surface area contributed by atoms with Gasteiger partial charge in [0, 0.05) is 13.0 Å². The predicted octanol–water partition coefficient (Wildman–Crippen LogP) is 3.29. The van der Waals surface area contributed by atoms with E-state index >= 15 is 0 Å². The van der Waals surface area contributed by atoms with Crippen molar-refractivity contribution in [1.82, 2.24) is 19.3 Å². The number of carbonyl (C=O) groups excluding carboxylic acids is 1. The molecule has 0 aliphatic heterocycles. The lowest BCUT2D eigenvalue weighted by atomic mass is 10.2. The van der Waals surface area contributed by atoms with Gasteiger partial charge in [-0.15, -0.1) is 11.3 Å². The Morgan fingerprint density at radius 2 is 1.96 bits per heavy atom. The maximum atomic E-state index is 12.5. The Labute approximate surface area is 165 Å². The SMILES string of the molecule is Cc1nn(-c2ccccc2)c(C)c1NC(=O)CCn1cnc2sccc2c1=O. The van der Waals surface area contributed by atoms with E-state index in [1.54, 1.807) is 6.07 Å². The van der Waals surface area contributed by atoms with Gasteiger partial charge in [-0.1, -0.05) is 18.2 Å². The van der Waals surface area contributed by atoms with E-state index in [1.165, 1.54) is 22.2 Å². The molecule has 0 aliphatic carbocycles. The molecule has 0 saturated heterocycles. The molecule has 0 fully saturated rings. The number of para-hydroxylation sites is 1. The zero-order valence-corrected chi connectivity index (χ0v) is 16.4. The van der Waals surface area contributed by atoms with Gasteiger partial charge in [-0.3, -0.25) is 14.2 Å². The highest BCUT2D eigenvalue weighted by molar-refractivity contribution is 7.16. The lowest BCUT2D eigenvalue weighted by molar-refractivity contribution is -0.116. The molecule has 0 unspecified atom stereocenters. The van der Waals surface area contributed by atoms with Crippen LogP contribution in [0.5, 0.6) is 0 Å². The number of benzene rings is 1. The molecule has 28 heavy (non-hydrogen) atoms. The summed E-state index contributed by atoms with van der Waals surface area (Å²) in [7, 11) is 0. The quantitative estimate of drug-likeness (QED) is 0.564. The Bertz CT molecular complexity index is 1210. The number of aryl methyl sites for hydroxylation is 2. The van der Waals surface area contributed by atoms with E-state index in [2.05, 4.69) is 15.4 Å². The third-order valence-corrected chi connectivity index (χ3v) is 5.41. The Kier molecular flexibility index (Phi) is 4.79. The van der Waals surface area contributed by atoms with Gasteiger partial charge in [0.15, 0.2) is 0 Å². The van der Waals surface area contributed by atoms with E-state index in [4.69, 9.17) is 0 Å². The van der Waals surface area contributed by atoms with Crippen molar-refractivity contribution >= 4 is 33.1 Å². The van der Waals surface area contributed by atoms with Gasteiger partial charge in [0.2, 0.25) is 5.91 Å². The van der Waals surface area contributed by atoms with Crippen molar-refractivity contribution in [2.75, 3.05) is 5.32 Å². The Balaban J connectivity index is 1.49. The van der Waals surface area contributed by atoms with E-state index in [0.29, 0.717) is 15.9 Å². The second kappa shape index (κ2) is 7.40. The van der Waals surface area contributed by atoms with Crippen LogP contribution in [0.1, 0.15) is 17.8 Å². The van der Waals surface area contributed by atoms with Crippen LogP contribution in [-0.4, -0.2) is 25.2 Å². The molecule has 1 amide bonds. The minimum absolute atomic E-state index is 0.122. The molecule has 0 spiro atoms. The summed E-state index contributed by atoms with van der Waals surface area (Å²) in [6, 6.07) is 11.5. The second-order valence-corrected chi connectivity index (χ2v) is 7.37. The molecule has 1 aromatic carbocycles. The van der Waals surface area contributed by atoms with Crippen molar-refractivity contribution in [3.63, 3.8) is 0 Å². The normalized spacial score (nSPS) is 11.1. The summed E-state index contributed by atoms with van der Waals surface area (Å²) in [4.78, 5) is 29.9. The smallest absolute Gasteiger partial charge is 0.262 e. The highest BCUT2D eigenvalue weighted by atomic mass is 32.1. The first kappa shape index (κ1) is 18.1. The fourth-order valence-electron chi connectivity index (χ4n) is 3.12. The molecule has 4 rings (SSSR count). The minimum atomic E-state index is -0.170. The standard InChI is InChI=1S/C20H19N5O2S/c1-13-18(14(2)25(23-13)15-6-4-3-5-7-15)22-17(26)8-10-24-12-21-19-16(20(24)27)9-11-28-19/h3-7,9,11-12H,8,10H2,1-2H3,(H,22,26). The lowest BCUT2D eigenvalue weighted by Crippen LogP contribution is -2.23. The number of amides is 1.